The Morgan fingerprint density at radius 2 is 1.97 bits per heavy atom. The van der Waals surface area contributed by atoms with E-state index < -0.39 is 15.8 Å². The van der Waals surface area contributed by atoms with E-state index >= 15 is 0 Å². The predicted molar refractivity (Wildman–Crippen MR) is 115 cm³/mol. The number of sulfonamides is 1. The predicted octanol–water partition coefficient (Wildman–Crippen LogP) is 3.90. The summed E-state index contributed by atoms with van der Waals surface area (Å²) in [4.78, 5) is 12.4. The van der Waals surface area contributed by atoms with Gasteiger partial charge in [0, 0.05) is 19.4 Å². The highest BCUT2D eigenvalue weighted by Gasteiger charge is 2.29. The Labute approximate surface area is 179 Å². The quantitative estimate of drug-likeness (QED) is 0.562. The summed E-state index contributed by atoms with van der Waals surface area (Å²) in [6.07, 6.45) is 0.875. The zero-order chi connectivity index (χ0) is 22.0. The van der Waals surface area contributed by atoms with Gasteiger partial charge >= 0.3 is 0 Å². The molecule has 1 aromatic heterocycles. The van der Waals surface area contributed by atoms with Gasteiger partial charge in [-0.2, -0.15) is 0 Å². The number of nitrogens with one attached hydrogen (secondary N) is 1. The summed E-state index contributed by atoms with van der Waals surface area (Å²) in [5.41, 5.74) is 0.874. The number of phenols is 1. The summed E-state index contributed by atoms with van der Waals surface area (Å²) >= 11 is 0. The monoisotopic (exact) mass is 444 g/mol. The lowest BCUT2D eigenvalue weighted by Crippen LogP contribution is -2.25. The fourth-order valence-corrected chi connectivity index (χ4v) is 5.03. The molecule has 1 amide bonds. The van der Waals surface area contributed by atoms with E-state index in [-0.39, 0.29) is 35.9 Å². The van der Waals surface area contributed by atoms with Crippen molar-refractivity contribution in [2.45, 2.75) is 19.3 Å². The molecule has 4 rings (SSSR count). The number of amides is 1. The molecule has 0 atom stereocenters. The Kier molecular flexibility index (Phi) is 5.69. The lowest BCUT2D eigenvalue weighted by molar-refractivity contribution is -0.116. The largest absolute Gasteiger partial charge is 0.506 e. The van der Waals surface area contributed by atoms with Crippen LogP contribution in [0.5, 0.6) is 5.75 Å². The van der Waals surface area contributed by atoms with Crippen molar-refractivity contribution >= 4 is 27.3 Å². The summed E-state index contributed by atoms with van der Waals surface area (Å²) in [6, 6.07) is 13.9. The average Bonchev–Trinajstić information content (AvgIpc) is 3.34. The van der Waals surface area contributed by atoms with Crippen molar-refractivity contribution in [2.24, 2.45) is 0 Å². The van der Waals surface area contributed by atoms with Crippen LogP contribution in [0.2, 0.25) is 0 Å². The first kappa shape index (κ1) is 20.9. The topological polar surface area (TPSA) is 99.9 Å². The molecule has 2 N–H and O–H groups in total. The molecule has 2 heterocycles. The number of phenolic OH excluding ortho intramolecular Hbond substituents is 1. The van der Waals surface area contributed by atoms with E-state index in [1.165, 1.54) is 28.6 Å². The number of carbonyl (C=O) groups is 1. The summed E-state index contributed by atoms with van der Waals surface area (Å²) < 4.78 is 45.0. The zero-order valence-electron chi connectivity index (χ0n) is 16.5. The van der Waals surface area contributed by atoms with Gasteiger partial charge < -0.3 is 14.8 Å². The number of hydrogen-bond acceptors (Lipinski definition) is 5. The normalized spacial score (nSPS) is 15.2. The Morgan fingerprint density at radius 1 is 1.16 bits per heavy atom. The SMILES string of the molecule is O=C(CCc1ccc(-c2ccccc2F)o1)Nc1cc(N2CCCS2(=O)=O)ccc1O. The van der Waals surface area contributed by atoms with E-state index in [4.69, 9.17) is 4.42 Å². The van der Waals surface area contributed by atoms with Gasteiger partial charge in [0.2, 0.25) is 15.9 Å². The van der Waals surface area contributed by atoms with E-state index in [0.29, 0.717) is 35.7 Å². The van der Waals surface area contributed by atoms with Gasteiger partial charge in [0.25, 0.3) is 0 Å². The minimum absolute atomic E-state index is 0.0654. The fourth-order valence-electron chi connectivity index (χ4n) is 3.48. The third-order valence-electron chi connectivity index (χ3n) is 5.04. The Hall–Kier alpha value is -3.33. The van der Waals surface area contributed by atoms with Crippen LogP contribution in [-0.2, 0) is 21.2 Å². The van der Waals surface area contributed by atoms with Crippen molar-refractivity contribution in [3.8, 4) is 17.1 Å². The number of anilines is 2. The molecule has 1 fully saturated rings. The van der Waals surface area contributed by atoms with Gasteiger partial charge in [-0.3, -0.25) is 9.10 Å². The highest BCUT2D eigenvalue weighted by atomic mass is 32.2. The molecule has 0 unspecified atom stereocenters. The van der Waals surface area contributed by atoms with Crippen LogP contribution in [0.4, 0.5) is 15.8 Å². The van der Waals surface area contributed by atoms with Crippen molar-refractivity contribution in [3.05, 3.63) is 66.2 Å². The first-order chi connectivity index (χ1) is 14.8. The van der Waals surface area contributed by atoms with Crippen LogP contribution in [0.25, 0.3) is 11.3 Å². The number of benzene rings is 2. The number of halogens is 1. The molecule has 2 aromatic carbocycles. The first-order valence-corrected chi connectivity index (χ1v) is 11.4. The highest BCUT2D eigenvalue weighted by molar-refractivity contribution is 7.93. The van der Waals surface area contributed by atoms with Gasteiger partial charge in [-0.25, -0.2) is 12.8 Å². The van der Waals surface area contributed by atoms with Gasteiger partial charge in [-0.15, -0.1) is 0 Å². The molecule has 31 heavy (non-hydrogen) atoms. The molecule has 1 aliphatic rings. The minimum atomic E-state index is -3.37. The third-order valence-corrected chi connectivity index (χ3v) is 6.91. The zero-order valence-corrected chi connectivity index (χ0v) is 17.4. The van der Waals surface area contributed by atoms with E-state index in [1.807, 2.05) is 0 Å². The number of aryl methyl sites for hydroxylation is 1. The van der Waals surface area contributed by atoms with Crippen LogP contribution in [-0.4, -0.2) is 31.7 Å². The van der Waals surface area contributed by atoms with Crippen LogP contribution >= 0.6 is 0 Å². The molecular weight excluding hydrogens is 423 g/mol. The van der Waals surface area contributed by atoms with Gasteiger partial charge in [0.1, 0.15) is 23.1 Å². The van der Waals surface area contributed by atoms with E-state index in [9.17, 15) is 22.7 Å². The van der Waals surface area contributed by atoms with Crippen molar-refractivity contribution in [1.29, 1.82) is 0 Å². The molecule has 0 saturated carbocycles. The smallest absolute Gasteiger partial charge is 0.235 e. The summed E-state index contributed by atoms with van der Waals surface area (Å²) in [6.45, 7) is 0.364. The summed E-state index contributed by atoms with van der Waals surface area (Å²) in [5, 5.41) is 12.7. The van der Waals surface area contributed by atoms with Gasteiger partial charge in [0.05, 0.1) is 22.7 Å². The average molecular weight is 444 g/mol. The maximum Gasteiger partial charge on any atom is 0.235 e. The second-order valence-electron chi connectivity index (χ2n) is 7.24. The van der Waals surface area contributed by atoms with Crippen molar-refractivity contribution in [3.63, 3.8) is 0 Å². The molecule has 0 bridgehead atoms. The highest BCUT2D eigenvalue weighted by Crippen LogP contribution is 2.32. The number of carbonyl (C=O) groups excluding carboxylic acids is 1. The Bertz CT molecular complexity index is 1220. The number of hydrogen-bond donors (Lipinski definition) is 2. The standard InChI is InChI=1S/C22H21FN2O5S/c23-18-5-2-1-4-17(18)21-10-7-16(30-21)8-11-22(27)24-19-14-15(6-9-20(19)26)25-12-3-13-31(25,28)29/h1-2,4-7,9-10,14,26H,3,8,11-13H2,(H,24,27). The minimum Gasteiger partial charge on any atom is -0.506 e. The lowest BCUT2D eigenvalue weighted by atomic mass is 10.1. The van der Waals surface area contributed by atoms with Crippen molar-refractivity contribution in [2.75, 3.05) is 21.9 Å². The van der Waals surface area contributed by atoms with E-state index in [0.717, 1.165) is 0 Å². The molecule has 3 aromatic rings. The molecule has 1 aliphatic heterocycles. The maximum absolute atomic E-state index is 13.9. The van der Waals surface area contributed by atoms with Gasteiger partial charge in [0.15, 0.2) is 0 Å². The van der Waals surface area contributed by atoms with Gasteiger partial charge in [-0.1, -0.05) is 12.1 Å². The molecule has 0 radical (unpaired) electrons. The molecule has 0 aliphatic carbocycles. The summed E-state index contributed by atoms with van der Waals surface area (Å²) in [5.74, 6) is 0.0546. The second-order valence-corrected chi connectivity index (χ2v) is 9.25. The number of rotatable bonds is 6. The van der Waals surface area contributed by atoms with Crippen LogP contribution in [0.1, 0.15) is 18.6 Å². The first-order valence-electron chi connectivity index (χ1n) is 9.80. The van der Waals surface area contributed by atoms with Crippen molar-refractivity contribution < 1.29 is 27.1 Å². The second kappa shape index (κ2) is 8.43. The third kappa shape index (κ3) is 4.56. The molecule has 1 saturated heterocycles. The molecule has 7 nitrogen and oxygen atoms in total. The Balaban J connectivity index is 1.41. The van der Waals surface area contributed by atoms with Crippen molar-refractivity contribution in [1.82, 2.24) is 0 Å². The van der Waals surface area contributed by atoms with E-state index in [2.05, 4.69) is 5.32 Å². The number of aromatic hydroxyl groups is 1. The molecular formula is C22H21FN2O5S. The number of nitrogens with zero attached hydrogens (tertiary/aromatic N) is 1. The molecule has 162 valence electrons. The molecule has 9 heteroatoms. The van der Waals surface area contributed by atoms with Crippen LogP contribution in [0, 0.1) is 5.82 Å². The Morgan fingerprint density at radius 3 is 2.71 bits per heavy atom. The van der Waals surface area contributed by atoms with Gasteiger partial charge in [-0.05, 0) is 48.9 Å². The maximum atomic E-state index is 13.9. The van der Waals surface area contributed by atoms with Crippen LogP contribution < -0.4 is 9.62 Å². The van der Waals surface area contributed by atoms with Crippen LogP contribution in [0.15, 0.2) is 59.0 Å². The molecule has 0 spiro atoms. The summed E-state index contributed by atoms with van der Waals surface area (Å²) in [7, 11) is -3.37. The van der Waals surface area contributed by atoms with E-state index in [1.54, 1.807) is 30.3 Å². The fraction of sp³-hybridized carbons (Fsp3) is 0.227. The van der Waals surface area contributed by atoms with Crippen LogP contribution in [0.3, 0.4) is 0 Å². The number of furan rings is 1. The lowest BCUT2D eigenvalue weighted by Gasteiger charge is -2.18.